The van der Waals surface area contributed by atoms with Crippen molar-refractivity contribution in [2.75, 3.05) is 5.32 Å². The number of carbonyl (C=O) groups excluding carboxylic acids is 1. The highest BCUT2D eigenvalue weighted by atomic mass is 19.1. The minimum atomic E-state index is -0.272. The number of rotatable bonds is 2. The Morgan fingerprint density at radius 3 is 2.86 bits per heavy atom. The number of aromatic amines is 1. The highest BCUT2D eigenvalue weighted by molar-refractivity contribution is 5.96. The molecule has 21 heavy (non-hydrogen) atoms. The van der Waals surface area contributed by atoms with Crippen LogP contribution in [0.5, 0.6) is 0 Å². The molecular weight excluding hydrogens is 269 g/mol. The number of hydrogen-bond acceptors (Lipinski definition) is 2. The summed E-state index contributed by atoms with van der Waals surface area (Å²) in [6, 6.07) is 6.59. The molecule has 106 valence electrons. The van der Waals surface area contributed by atoms with Crippen LogP contribution >= 0.6 is 0 Å². The number of pyridine rings is 1. The number of halogens is 1. The van der Waals surface area contributed by atoms with Crippen LogP contribution < -0.4 is 5.32 Å². The maximum Gasteiger partial charge on any atom is 0.222 e. The Morgan fingerprint density at radius 2 is 2.14 bits per heavy atom. The quantitative estimate of drug-likeness (QED) is 0.754. The van der Waals surface area contributed by atoms with Crippen LogP contribution in [0.25, 0.3) is 22.0 Å². The lowest BCUT2D eigenvalue weighted by Gasteiger charge is -2.07. The molecule has 0 atom stereocenters. The van der Waals surface area contributed by atoms with Gasteiger partial charge in [-0.2, -0.15) is 0 Å². The second-order valence-electron chi connectivity index (χ2n) is 4.96. The van der Waals surface area contributed by atoms with Crippen molar-refractivity contribution in [1.29, 1.82) is 0 Å². The fourth-order valence-corrected chi connectivity index (χ4v) is 2.36. The van der Waals surface area contributed by atoms with Gasteiger partial charge in [0.1, 0.15) is 11.6 Å². The van der Waals surface area contributed by atoms with E-state index in [0.717, 1.165) is 27.6 Å². The van der Waals surface area contributed by atoms with E-state index in [0.29, 0.717) is 5.82 Å². The number of hydrogen-bond donors (Lipinski definition) is 2. The maximum atomic E-state index is 13.2. The smallest absolute Gasteiger partial charge is 0.222 e. The van der Waals surface area contributed by atoms with Crippen LogP contribution in [0.4, 0.5) is 10.2 Å². The number of H-pyrrole nitrogens is 1. The zero-order valence-electron chi connectivity index (χ0n) is 11.7. The van der Waals surface area contributed by atoms with E-state index in [2.05, 4.69) is 15.3 Å². The summed E-state index contributed by atoms with van der Waals surface area (Å²) >= 11 is 0. The summed E-state index contributed by atoms with van der Waals surface area (Å²) in [6.07, 6.45) is 3.53. The summed E-state index contributed by atoms with van der Waals surface area (Å²) in [5.74, 6) is 0.129. The first-order valence-electron chi connectivity index (χ1n) is 6.56. The third-order valence-corrected chi connectivity index (χ3v) is 3.33. The Hall–Kier alpha value is -2.69. The summed E-state index contributed by atoms with van der Waals surface area (Å²) in [6.45, 7) is 3.33. The van der Waals surface area contributed by atoms with Crippen LogP contribution in [-0.4, -0.2) is 15.9 Å². The highest BCUT2D eigenvalue weighted by Crippen LogP contribution is 2.30. The molecule has 0 aliphatic carbocycles. The first-order valence-corrected chi connectivity index (χ1v) is 6.56. The van der Waals surface area contributed by atoms with E-state index in [4.69, 9.17) is 0 Å². The molecule has 1 aromatic carbocycles. The van der Waals surface area contributed by atoms with Crippen molar-refractivity contribution in [3.8, 4) is 11.1 Å². The number of nitrogens with zero attached hydrogens (tertiary/aromatic N) is 1. The minimum absolute atomic E-state index is 0.152. The molecule has 0 unspecified atom stereocenters. The Kier molecular flexibility index (Phi) is 3.17. The van der Waals surface area contributed by atoms with Crippen molar-refractivity contribution in [1.82, 2.24) is 9.97 Å². The lowest BCUT2D eigenvalue weighted by molar-refractivity contribution is -0.114. The van der Waals surface area contributed by atoms with Crippen molar-refractivity contribution < 1.29 is 9.18 Å². The summed E-state index contributed by atoms with van der Waals surface area (Å²) in [5, 5.41) is 3.62. The Morgan fingerprint density at radius 1 is 1.33 bits per heavy atom. The van der Waals surface area contributed by atoms with Crippen LogP contribution in [-0.2, 0) is 4.79 Å². The van der Waals surface area contributed by atoms with Crippen molar-refractivity contribution in [2.24, 2.45) is 0 Å². The fraction of sp³-hybridized carbons (Fsp3) is 0.125. The Bertz CT molecular complexity index is 839. The van der Waals surface area contributed by atoms with Crippen molar-refractivity contribution in [2.45, 2.75) is 13.8 Å². The molecule has 2 heterocycles. The Balaban J connectivity index is 2.06. The second-order valence-corrected chi connectivity index (χ2v) is 4.96. The number of aryl methyl sites for hydroxylation is 1. The summed E-state index contributed by atoms with van der Waals surface area (Å²) < 4.78 is 13.2. The van der Waals surface area contributed by atoms with E-state index in [1.807, 2.05) is 19.2 Å². The standard InChI is InChI=1S/C16H14FN3O/c1-9-5-11(7-19-16(9)20-10(2)21)14-8-18-15-6-12(17)3-4-13(14)15/h3-8,18H,1-2H3,(H,19,20,21). The largest absolute Gasteiger partial charge is 0.360 e. The molecule has 0 aliphatic rings. The Labute approximate surface area is 121 Å². The molecule has 3 rings (SSSR count). The topological polar surface area (TPSA) is 57.8 Å². The van der Waals surface area contributed by atoms with Crippen LogP contribution in [0.1, 0.15) is 12.5 Å². The first kappa shape index (κ1) is 13.3. The molecule has 0 radical (unpaired) electrons. The van der Waals surface area contributed by atoms with E-state index in [9.17, 15) is 9.18 Å². The molecule has 0 saturated carbocycles. The normalized spacial score (nSPS) is 10.8. The summed E-state index contributed by atoms with van der Waals surface area (Å²) in [7, 11) is 0. The maximum absolute atomic E-state index is 13.2. The molecule has 2 N–H and O–H groups in total. The third-order valence-electron chi connectivity index (χ3n) is 3.33. The monoisotopic (exact) mass is 283 g/mol. The van der Waals surface area contributed by atoms with Gasteiger partial charge in [-0.1, -0.05) is 0 Å². The van der Waals surface area contributed by atoms with Gasteiger partial charge in [0.2, 0.25) is 5.91 Å². The molecule has 2 aromatic heterocycles. The zero-order chi connectivity index (χ0) is 15.0. The first-order chi connectivity index (χ1) is 10.0. The van der Waals surface area contributed by atoms with E-state index in [-0.39, 0.29) is 11.7 Å². The van der Waals surface area contributed by atoms with Crippen molar-refractivity contribution >= 4 is 22.6 Å². The van der Waals surface area contributed by atoms with Crippen molar-refractivity contribution in [3.05, 3.63) is 48.0 Å². The minimum Gasteiger partial charge on any atom is -0.360 e. The zero-order valence-corrected chi connectivity index (χ0v) is 11.7. The van der Waals surface area contributed by atoms with Crippen LogP contribution in [0, 0.1) is 12.7 Å². The van der Waals surface area contributed by atoms with Gasteiger partial charge in [-0.3, -0.25) is 4.79 Å². The van der Waals surface area contributed by atoms with Gasteiger partial charge in [-0.15, -0.1) is 0 Å². The van der Waals surface area contributed by atoms with E-state index in [1.54, 1.807) is 12.3 Å². The van der Waals surface area contributed by atoms with Gasteiger partial charge in [0.15, 0.2) is 0 Å². The molecule has 0 bridgehead atoms. The lowest BCUT2D eigenvalue weighted by atomic mass is 10.0. The van der Waals surface area contributed by atoms with Gasteiger partial charge in [0.05, 0.1) is 0 Å². The van der Waals surface area contributed by atoms with E-state index < -0.39 is 0 Å². The molecule has 0 aliphatic heterocycles. The number of fused-ring (bicyclic) bond motifs is 1. The summed E-state index contributed by atoms with van der Waals surface area (Å²) in [5.41, 5.74) is 3.49. The molecule has 0 spiro atoms. The fourth-order valence-electron chi connectivity index (χ4n) is 2.36. The molecular formula is C16H14FN3O. The molecule has 4 nitrogen and oxygen atoms in total. The summed E-state index contributed by atoms with van der Waals surface area (Å²) in [4.78, 5) is 18.4. The van der Waals surface area contributed by atoms with Gasteiger partial charge in [0.25, 0.3) is 0 Å². The molecule has 1 amide bonds. The van der Waals surface area contributed by atoms with Gasteiger partial charge in [-0.05, 0) is 36.8 Å². The van der Waals surface area contributed by atoms with Gasteiger partial charge in [-0.25, -0.2) is 9.37 Å². The molecule has 3 aromatic rings. The van der Waals surface area contributed by atoms with E-state index in [1.165, 1.54) is 19.1 Å². The molecule has 0 saturated heterocycles. The average molecular weight is 283 g/mol. The number of aromatic nitrogens is 2. The highest BCUT2D eigenvalue weighted by Gasteiger charge is 2.09. The average Bonchev–Trinajstić information content (AvgIpc) is 2.83. The number of amides is 1. The lowest BCUT2D eigenvalue weighted by Crippen LogP contribution is -2.08. The number of carbonyl (C=O) groups is 1. The number of nitrogens with one attached hydrogen (secondary N) is 2. The molecule has 5 heteroatoms. The predicted molar refractivity (Wildman–Crippen MR) is 80.5 cm³/mol. The van der Waals surface area contributed by atoms with Crippen molar-refractivity contribution in [3.63, 3.8) is 0 Å². The van der Waals surface area contributed by atoms with Gasteiger partial charge >= 0.3 is 0 Å². The van der Waals surface area contributed by atoms with Crippen LogP contribution in [0.3, 0.4) is 0 Å². The SMILES string of the molecule is CC(=O)Nc1ncc(-c2c[nH]c3cc(F)ccc23)cc1C. The van der Waals surface area contributed by atoms with Crippen LogP contribution in [0.2, 0.25) is 0 Å². The third kappa shape index (κ3) is 2.50. The molecule has 0 fully saturated rings. The van der Waals surface area contributed by atoms with Crippen LogP contribution in [0.15, 0.2) is 36.7 Å². The second kappa shape index (κ2) is 5.01. The van der Waals surface area contributed by atoms with Gasteiger partial charge in [0, 0.05) is 41.3 Å². The predicted octanol–water partition coefficient (Wildman–Crippen LogP) is 3.64. The number of anilines is 1. The van der Waals surface area contributed by atoms with Gasteiger partial charge < -0.3 is 10.3 Å². The van der Waals surface area contributed by atoms with E-state index >= 15 is 0 Å². The number of benzene rings is 1.